The highest BCUT2D eigenvalue weighted by atomic mass is 35.5. The number of nitrogens with two attached hydrogens (primary N) is 1. The topological polar surface area (TPSA) is 50.9 Å². The quantitative estimate of drug-likeness (QED) is 0.514. The Kier molecular flexibility index (Phi) is 4.01. The van der Waals surface area contributed by atoms with Crippen molar-refractivity contribution in [1.82, 2.24) is 10.4 Å². The normalized spacial score (nSPS) is 16.7. The number of halogens is 1. The highest BCUT2D eigenvalue weighted by Gasteiger charge is 2.20. The van der Waals surface area contributed by atoms with E-state index in [0.717, 1.165) is 17.0 Å². The van der Waals surface area contributed by atoms with Gasteiger partial charge in [-0.2, -0.15) is 0 Å². The number of benzene rings is 1. The zero-order valence-electron chi connectivity index (χ0n) is 11.2. The van der Waals surface area contributed by atoms with Crippen molar-refractivity contribution >= 4 is 11.6 Å². The predicted octanol–water partition coefficient (Wildman–Crippen LogP) is 3.56. The Morgan fingerprint density at radius 2 is 1.90 bits per heavy atom. The maximum atomic E-state index is 5.95. The van der Waals surface area contributed by atoms with Gasteiger partial charge in [-0.25, -0.2) is 10.4 Å². The van der Waals surface area contributed by atoms with E-state index >= 15 is 0 Å². The van der Waals surface area contributed by atoms with Gasteiger partial charge < -0.3 is 0 Å². The molecule has 0 bridgehead atoms. The van der Waals surface area contributed by atoms with E-state index in [2.05, 4.69) is 34.7 Å². The van der Waals surface area contributed by atoms with Crippen molar-refractivity contribution in [3.8, 4) is 0 Å². The lowest BCUT2D eigenvalue weighted by Gasteiger charge is -2.26. The molecule has 1 aliphatic rings. The third kappa shape index (κ3) is 2.70. The maximum absolute atomic E-state index is 5.95. The first kappa shape index (κ1) is 13.6. The van der Waals surface area contributed by atoms with Crippen LogP contribution in [0.4, 0.5) is 0 Å². The summed E-state index contributed by atoms with van der Waals surface area (Å²) in [6, 6.07) is 12.4. The van der Waals surface area contributed by atoms with Crippen molar-refractivity contribution in [3.63, 3.8) is 0 Å². The first-order valence-corrected chi connectivity index (χ1v) is 7.33. The summed E-state index contributed by atoms with van der Waals surface area (Å²) in [5, 5.41) is 0.480. The van der Waals surface area contributed by atoms with Crippen molar-refractivity contribution in [2.24, 2.45) is 5.84 Å². The lowest BCUT2D eigenvalue weighted by Crippen LogP contribution is -2.28. The first-order valence-electron chi connectivity index (χ1n) is 6.95. The fraction of sp³-hybridized carbons (Fsp3) is 0.312. The first-order chi connectivity index (χ1) is 9.78. The molecule has 3 rings (SSSR count). The Morgan fingerprint density at radius 1 is 1.15 bits per heavy atom. The molecule has 0 amide bonds. The van der Waals surface area contributed by atoms with Crippen LogP contribution >= 0.6 is 11.6 Å². The standard InChI is InChI=1S/C16H18ClN3/c17-15-10-14(8-9-19-15)16(20-18)13-6-4-12(5-7-13)11-2-1-3-11/h4-11,16,20H,1-3,18H2. The smallest absolute Gasteiger partial charge is 0.129 e. The minimum Gasteiger partial charge on any atom is -0.271 e. The Balaban J connectivity index is 1.85. The van der Waals surface area contributed by atoms with E-state index in [1.165, 1.54) is 24.8 Å². The van der Waals surface area contributed by atoms with Gasteiger partial charge in [-0.3, -0.25) is 5.84 Å². The summed E-state index contributed by atoms with van der Waals surface area (Å²) in [6.45, 7) is 0. The van der Waals surface area contributed by atoms with Crippen LogP contribution in [-0.2, 0) is 0 Å². The monoisotopic (exact) mass is 287 g/mol. The van der Waals surface area contributed by atoms with E-state index in [1.54, 1.807) is 6.20 Å². The van der Waals surface area contributed by atoms with Gasteiger partial charge in [-0.05, 0) is 47.6 Å². The van der Waals surface area contributed by atoms with Gasteiger partial charge in [0, 0.05) is 6.20 Å². The lowest BCUT2D eigenvalue weighted by molar-refractivity contribution is 0.419. The van der Waals surface area contributed by atoms with Crippen molar-refractivity contribution in [2.45, 2.75) is 31.2 Å². The average molecular weight is 288 g/mol. The lowest BCUT2D eigenvalue weighted by atomic mass is 9.79. The summed E-state index contributed by atoms with van der Waals surface area (Å²) in [6.07, 6.45) is 5.69. The van der Waals surface area contributed by atoms with E-state index in [4.69, 9.17) is 17.4 Å². The minimum absolute atomic E-state index is 0.0639. The van der Waals surface area contributed by atoms with Gasteiger partial charge in [-0.1, -0.05) is 42.3 Å². The zero-order valence-corrected chi connectivity index (χ0v) is 12.0. The van der Waals surface area contributed by atoms with Gasteiger partial charge in [0.25, 0.3) is 0 Å². The summed E-state index contributed by atoms with van der Waals surface area (Å²) in [4.78, 5) is 4.00. The van der Waals surface area contributed by atoms with Gasteiger partial charge in [-0.15, -0.1) is 0 Å². The van der Waals surface area contributed by atoms with E-state index in [9.17, 15) is 0 Å². The number of nitrogens with zero attached hydrogens (tertiary/aromatic N) is 1. The van der Waals surface area contributed by atoms with Crippen LogP contribution in [0.1, 0.15) is 47.9 Å². The molecule has 3 nitrogen and oxygen atoms in total. The van der Waals surface area contributed by atoms with Crippen LogP contribution in [0.3, 0.4) is 0 Å². The molecule has 1 aromatic carbocycles. The Hall–Kier alpha value is -1.42. The van der Waals surface area contributed by atoms with Crippen LogP contribution in [0.15, 0.2) is 42.6 Å². The number of rotatable bonds is 4. The summed E-state index contributed by atoms with van der Waals surface area (Å²) in [5.41, 5.74) is 6.44. The molecular weight excluding hydrogens is 270 g/mol. The Bertz CT molecular complexity index is 579. The van der Waals surface area contributed by atoms with Crippen molar-refractivity contribution in [1.29, 1.82) is 0 Å². The summed E-state index contributed by atoms with van der Waals surface area (Å²) in [7, 11) is 0. The number of hydrogen-bond acceptors (Lipinski definition) is 3. The second kappa shape index (κ2) is 5.92. The third-order valence-electron chi connectivity index (χ3n) is 4.10. The molecule has 4 heteroatoms. The largest absolute Gasteiger partial charge is 0.271 e. The number of hydrogen-bond donors (Lipinski definition) is 2. The minimum atomic E-state index is -0.0639. The van der Waals surface area contributed by atoms with Crippen molar-refractivity contribution < 1.29 is 0 Å². The molecule has 0 aliphatic heterocycles. The Labute approximate surface area is 124 Å². The van der Waals surface area contributed by atoms with E-state index in [1.807, 2.05) is 12.1 Å². The van der Waals surface area contributed by atoms with E-state index in [0.29, 0.717) is 5.15 Å². The maximum Gasteiger partial charge on any atom is 0.129 e. The van der Waals surface area contributed by atoms with Gasteiger partial charge in [0.1, 0.15) is 5.15 Å². The summed E-state index contributed by atoms with van der Waals surface area (Å²) >= 11 is 5.95. The zero-order chi connectivity index (χ0) is 13.9. The highest BCUT2D eigenvalue weighted by molar-refractivity contribution is 6.29. The second-order valence-electron chi connectivity index (χ2n) is 5.31. The average Bonchev–Trinajstić information content (AvgIpc) is 2.40. The van der Waals surface area contributed by atoms with Crippen LogP contribution in [0, 0.1) is 0 Å². The second-order valence-corrected chi connectivity index (χ2v) is 5.69. The van der Waals surface area contributed by atoms with Crippen molar-refractivity contribution in [2.75, 3.05) is 0 Å². The van der Waals surface area contributed by atoms with Crippen molar-refractivity contribution in [3.05, 3.63) is 64.4 Å². The molecule has 0 spiro atoms. The molecule has 1 unspecified atom stereocenters. The SMILES string of the molecule is NNC(c1ccc(C2CCC2)cc1)c1ccnc(Cl)c1. The molecule has 2 aromatic rings. The molecule has 3 N–H and O–H groups in total. The van der Waals surface area contributed by atoms with Crippen LogP contribution in [0.2, 0.25) is 5.15 Å². The van der Waals surface area contributed by atoms with Gasteiger partial charge in [0.05, 0.1) is 6.04 Å². The molecule has 1 atom stereocenters. The van der Waals surface area contributed by atoms with Crippen LogP contribution in [0.25, 0.3) is 0 Å². The number of nitrogens with one attached hydrogen (secondary N) is 1. The van der Waals surface area contributed by atoms with E-state index < -0.39 is 0 Å². The van der Waals surface area contributed by atoms with Crippen LogP contribution < -0.4 is 11.3 Å². The van der Waals surface area contributed by atoms with Gasteiger partial charge in [0.15, 0.2) is 0 Å². The van der Waals surface area contributed by atoms with Gasteiger partial charge >= 0.3 is 0 Å². The van der Waals surface area contributed by atoms with Crippen LogP contribution in [-0.4, -0.2) is 4.98 Å². The summed E-state index contributed by atoms with van der Waals surface area (Å²) in [5.74, 6) is 6.46. The van der Waals surface area contributed by atoms with Crippen LogP contribution in [0.5, 0.6) is 0 Å². The molecule has 1 heterocycles. The number of aromatic nitrogens is 1. The third-order valence-corrected chi connectivity index (χ3v) is 4.30. The Morgan fingerprint density at radius 3 is 2.45 bits per heavy atom. The molecule has 0 saturated heterocycles. The molecule has 1 fully saturated rings. The molecule has 1 aromatic heterocycles. The summed E-state index contributed by atoms with van der Waals surface area (Å²) < 4.78 is 0. The molecule has 1 aliphatic carbocycles. The number of pyridine rings is 1. The molecule has 0 radical (unpaired) electrons. The molecular formula is C16H18ClN3. The fourth-order valence-electron chi connectivity index (χ4n) is 2.68. The fourth-order valence-corrected chi connectivity index (χ4v) is 2.87. The number of hydrazine groups is 1. The highest BCUT2D eigenvalue weighted by Crippen LogP contribution is 2.36. The molecule has 104 valence electrons. The predicted molar refractivity (Wildman–Crippen MR) is 81.4 cm³/mol. The van der Waals surface area contributed by atoms with Gasteiger partial charge in [0.2, 0.25) is 0 Å². The molecule has 20 heavy (non-hydrogen) atoms. The molecule has 1 saturated carbocycles. The van der Waals surface area contributed by atoms with E-state index in [-0.39, 0.29) is 6.04 Å².